The summed E-state index contributed by atoms with van der Waals surface area (Å²) in [6.45, 7) is 2.27. The average molecular weight is 492 g/mol. The normalized spacial score (nSPS) is 19.0. The molecule has 186 valence electrons. The zero-order chi connectivity index (χ0) is 24.3. The van der Waals surface area contributed by atoms with Gasteiger partial charge < -0.3 is 9.62 Å². The third-order valence-corrected chi connectivity index (χ3v) is 7.50. The molecule has 0 saturated heterocycles. The number of hydrogen-bond donors (Lipinski definition) is 0. The van der Waals surface area contributed by atoms with Gasteiger partial charge in [-0.3, -0.25) is 9.58 Å². The van der Waals surface area contributed by atoms with E-state index in [0.29, 0.717) is 5.75 Å². The van der Waals surface area contributed by atoms with Crippen molar-refractivity contribution >= 4 is 21.6 Å². The molecule has 1 amide bonds. The van der Waals surface area contributed by atoms with Crippen molar-refractivity contribution in [1.29, 1.82) is 0 Å². The highest BCUT2D eigenvalue weighted by molar-refractivity contribution is 7.90. The van der Waals surface area contributed by atoms with E-state index in [-0.39, 0.29) is 24.4 Å². The molecule has 10 heteroatoms. The molecule has 1 aromatic carbocycles. The summed E-state index contributed by atoms with van der Waals surface area (Å²) in [7, 11) is -1.71. The van der Waals surface area contributed by atoms with Crippen molar-refractivity contribution in [3.05, 3.63) is 30.1 Å². The second kappa shape index (κ2) is 10.4. The van der Waals surface area contributed by atoms with Gasteiger partial charge in [-0.2, -0.15) is 9.99 Å². The Morgan fingerprint density at radius 3 is 2.65 bits per heavy atom. The van der Waals surface area contributed by atoms with E-state index in [4.69, 9.17) is 14.5 Å². The lowest BCUT2D eigenvalue weighted by molar-refractivity contribution is -0.250. The molecule has 34 heavy (non-hydrogen) atoms. The molecule has 1 aliphatic carbocycles. The van der Waals surface area contributed by atoms with Crippen LogP contribution in [0.2, 0.25) is 0 Å². The first-order valence-electron chi connectivity index (χ1n) is 11.8. The summed E-state index contributed by atoms with van der Waals surface area (Å²) in [5.74, 6) is 0.588. The number of carbonyl (C=O) groups excluding carboxylic acids is 1. The van der Waals surface area contributed by atoms with Crippen LogP contribution in [0.1, 0.15) is 51.0 Å². The van der Waals surface area contributed by atoms with E-state index >= 15 is 0 Å². The fourth-order valence-corrected chi connectivity index (χ4v) is 5.18. The molecule has 0 bridgehead atoms. The molecule has 1 aliphatic heterocycles. The zero-order valence-electron chi connectivity index (χ0n) is 20.0. The van der Waals surface area contributed by atoms with E-state index < -0.39 is 15.9 Å². The Morgan fingerprint density at radius 1 is 1.18 bits per heavy atom. The molecule has 9 nitrogen and oxygen atoms in total. The minimum absolute atomic E-state index is 0.00310. The molecule has 0 N–H and O–H groups in total. The Kier molecular flexibility index (Phi) is 7.47. The number of fused-ring (bicyclic) bond motifs is 1. The molecule has 0 spiro atoms. The summed E-state index contributed by atoms with van der Waals surface area (Å²) in [5, 5.41) is 4.34. The number of aryl methyl sites for hydroxylation is 1. The van der Waals surface area contributed by atoms with Crippen molar-refractivity contribution in [1.82, 2.24) is 9.78 Å². The maximum Gasteiger partial charge on any atom is 0.414 e. The minimum Gasteiger partial charge on any atom is -0.452 e. The van der Waals surface area contributed by atoms with Crippen LogP contribution >= 0.6 is 0 Å². The van der Waals surface area contributed by atoms with Crippen LogP contribution in [-0.4, -0.2) is 55.6 Å². The van der Waals surface area contributed by atoms with Gasteiger partial charge in [-0.1, -0.05) is 19.3 Å². The van der Waals surface area contributed by atoms with E-state index in [0.717, 1.165) is 60.9 Å². The number of rotatable bonds is 7. The molecule has 1 fully saturated rings. The Hall–Kier alpha value is -2.59. The Bertz CT molecular complexity index is 1120. The lowest BCUT2D eigenvalue weighted by Crippen LogP contribution is -2.42. The maximum atomic E-state index is 12.5. The van der Waals surface area contributed by atoms with Crippen molar-refractivity contribution < 1.29 is 27.7 Å². The van der Waals surface area contributed by atoms with Crippen LogP contribution < -0.4 is 9.79 Å². The molecule has 1 aromatic heterocycles. The van der Waals surface area contributed by atoms with E-state index in [2.05, 4.69) is 5.10 Å². The summed E-state index contributed by atoms with van der Waals surface area (Å²) >= 11 is 0. The lowest BCUT2D eigenvalue weighted by Gasteiger charge is -2.35. The predicted molar refractivity (Wildman–Crippen MR) is 129 cm³/mol. The van der Waals surface area contributed by atoms with Crippen LogP contribution in [0, 0.1) is 0 Å². The first-order valence-corrected chi connectivity index (χ1v) is 13.9. The number of hydrogen-bond acceptors (Lipinski definition) is 7. The molecule has 2 aliphatic rings. The Morgan fingerprint density at radius 2 is 1.94 bits per heavy atom. The molecule has 4 rings (SSSR count). The van der Waals surface area contributed by atoms with Crippen LogP contribution in [0.5, 0.6) is 5.75 Å². The predicted octanol–water partition coefficient (Wildman–Crippen LogP) is 4.15. The van der Waals surface area contributed by atoms with Gasteiger partial charge in [0.1, 0.15) is 15.9 Å². The number of nitrogens with zero attached hydrogens (tertiary/aromatic N) is 3. The summed E-state index contributed by atoms with van der Waals surface area (Å²) < 4.78 is 29.7. The SMILES string of the molecule is COC(=O)N1c2ccc(-c3cnn(CCS(C)(=O)=O)c3)c(OOC3CCCCC3)c2CC[C@@H]1C. The summed E-state index contributed by atoms with van der Waals surface area (Å²) in [6.07, 6.45) is 11.2. The van der Waals surface area contributed by atoms with E-state index in [1.165, 1.54) is 19.8 Å². The molecule has 0 radical (unpaired) electrons. The summed E-state index contributed by atoms with van der Waals surface area (Å²) in [6, 6.07) is 3.79. The first kappa shape index (κ1) is 24.5. The highest BCUT2D eigenvalue weighted by Gasteiger charge is 2.33. The number of amides is 1. The van der Waals surface area contributed by atoms with Crippen LogP contribution in [0.25, 0.3) is 11.1 Å². The van der Waals surface area contributed by atoms with Gasteiger partial charge >= 0.3 is 6.09 Å². The Labute approximate surface area is 200 Å². The van der Waals surface area contributed by atoms with Gasteiger partial charge in [0.05, 0.1) is 31.3 Å². The number of ether oxygens (including phenoxy) is 1. The topological polar surface area (TPSA) is 100.0 Å². The molecule has 2 heterocycles. The molecule has 1 atom stereocenters. The van der Waals surface area contributed by atoms with E-state index in [1.54, 1.807) is 15.8 Å². The quantitative estimate of drug-likeness (QED) is 0.424. The van der Waals surface area contributed by atoms with Gasteiger partial charge in [0.2, 0.25) is 0 Å². The van der Waals surface area contributed by atoms with E-state index in [9.17, 15) is 13.2 Å². The third kappa shape index (κ3) is 5.55. The highest BCUT2D eigenvalue weighted by atomic mass is 32.2. The molecule has 1 saturated carbocycles. The monoisotopic (exact) mass is 491 g/mol. The Balaban J connectivity index is 1.69. The number of anilines is 1. The molecule has 0 unspecified atom stereocenters. The zero-order valence-corrected chi connectivity index (χ0v) is 20.8. The average Bonchev–Trinajstić information content (AvgIpc) is 3.29. The van der Waals surface area contributed by atoms with Crippen LogP contribution in [0.4, 0.5) is 10.5 Å². The number of aromatic nitrogens is 2. The smallest absolute Gasteiger partial charge is 0.414 e. The van der Waals surface area contributed by atoms with Crippen LogP contribution in [0.15, 0.2) is 24.5 Å². The molecule has 2 aromatic rings. The number of carbonyl (C=O) groups is 1. The number of sulfone groups is 1. The fourth-order valence-electron chi connectivity index (χ4n) is 4.67. The van der Waals surface area contributed by atoms with Gasteiger partial charge in [-0.05, 0) is 44.7 Å². The second-order valence-electron chi connectivity index (χ2n) is 9.23. The fraction of sp³-hybridized carbons (Fsp3) is 0.583. The van der Waals surface area contributed by atoms with Gasteiger partial charge in [-0.25, -0.2) is 13.2 Å². The standard InChI is InChI=1S/C24H33N3O6S/c1-17-9-10-21-22(27(17)24(28)31-2)12-11-20(23(21)33-32-19-7-5-4-6-8-19)18-15-25-26(16-18)13-14-34(3,29)30/h11-12,15-17,19H,4-10,13-14H2,1-3H3/t17-/m0/s1. The van der Waals surface area contributed by atoms with E-state index in [1.807, 2.05) is 25.3 Å². The van der Waals surface area contributed by atoms with Crippen molar-refractivity contribution in [3.8, 4) is 16.9 Å². The van der Waals surface area contributed by atoms with Crippen LogP contribution in [0.3, 0.4) is 0 Å². The van der Waals surface area contributed by atoms with Crippen LogP contribution in [-0.2, 0) is 32.4 Å². The number of benzene rings is 1. The molecular formula is C24H33N3O6S. The minimum atomic E-state index is -3.10. The van der Waals surface area contributed by atoms with Crippen molar-refractivity contribution in [2.24, 2.45) is 0 Å². The third-order valence-electron chi connectivity index (χ3n) is 6.57. The van der Waals surface area contributed by atoms with Crippen molar-refractivity contribution in [2.75, 3.05) is 24.0 Å². The van der Waals surface area contributed by atoms with Gasteiger partial charge in [-0.15, -0.1) is 0 Å². The number of methoxy groups -OCH3 is 1. The van der Waals surface area contributed by atoms with Crippen molar-refractivity contribution in [2.45, 2.75) is 70.6 Å². The summed E-state index contributed by atoms with van der Waals surface area (Å²) in [4.78, 5) is 26.1. The van der Waals surface area contributed by atoms with Crippen molar-refractivity contribution in [3.63, 3.8) is 0 Å². The largest absolute Gasteiger partial charge is 0.452 e. The molecular weight excluding hydrogens is 458 g/mol. The first-order chi connectivity index (χ1) is 16.3. The van der Waals surface area contributed by atoms with Gasteiger partial charge in [0.15, 0.2) is 5.75 Å². The van der Waals surface area contributed by atoms with Gasteiger partial charge in [0.25, 0.3) is 0 Å². The van der Waals surface area contributed by atoms with Gasteiger partial charge in [0, 0.05) is 35.2 Å². The maximum absolute atomic E-state index is 12.5. The lowest BCUT2D eigenvalue weighted by atomic mass is 9.92. The highest BCUT2D eigenvalue weighted by Crippen LogP contribution is 2.43. The summed E-state index contributed by atoms with van der Waals surface area (Å²) in [5.41, 5.74) is 3.23. The second-order valence-corrected chi connectivity index (χ2v) is 11.5.